The molecule has 0 aromatic carbocycles. The zero-order chi connectivity index (χ0) is 11.5. The van der Waals surface area contributed by atoms with E-state index < -0.39 is 0 Å². The van der Waals surface area contributed by atoms with Crippen molar-refractivity contribution in [1.82, 2.24) is 4.90 Å². The maximum atomic E-state index is 11.6. The minimum absolute atomic E-state index is 0.0935. The number of β-amino-alcohol motifs (C(OH)–C–C–N with tert-alkyl or cyclic N) is 1. The summed E-state index contributed by atoms with van der Waals surface area (Å²) in [6, 6.07) is 3.54. The van der Waals surface area contributed by atoms with Crippen LogP contribution in [0.3, 0.4) is 0 Å². The van der Waals surface area contributed by atoms with Gasteiger partial charge in [0.2, 0.25) is 5.91 Å². The first-order valence-corrected chi connectivity index (χ1v) is 5.85. The summed E-state index contributed by atoms with van der Waals surface area (Å²) in [6.07, 6.45) is 3.36. The van der Waals surface area contributed by atoms with Gasteiger partial charge in [0.1, 0.15) is 5.76 Å². The number of likely N-dealkylation sites (tertiary alicyclic amines) is 1. The van der Waals surface area contributed by atoms with Crippen molar-refractivity contribution in [2.75, 3.05) is 13.1 Å². The first-order valence-electron chi connectivity index (χ1n) is 5.05. The molecule has 0 aliphatic carbocycles. The highest BCUT2D eigenvalue weighted by Crippen LogP contribution is 2.15. The summed E-state index contributed by atoms with van der Waals surface area (Å²) >= 11 is 3.18. The molecule has 1 aromatic heterocycles. The highest BCUT2D eigenvalue weighted by atomic mass is 79.9. The Balaban J connectivity index is 1.94. The van der Waals surface area contributed by atoms with E-state index in [0.717, 1.165) is 0 Å². The summed E-state index contributed by atoms with van der Waals surface area (Å²) in [4.78, 5) is 13.3. The van der Waals surface area contributed by atoms with E-state index in [1.54, 1.807) is 23.1 Å². The Hall–Kier alpha value is -1.07. The molecule has 16 heavy (non-hydrogen) atoms. The normalized spacial score (nSPS) is 20.9. The zero-order valence-electron chi connectivity index (χ0n) is 8.60. The van der Waals surface area contributed by atoms with Gasteiger partial charge in [0.05, 0.1) is 6.10 Å². The van der Waals surface area contributed by atoms with Crippen molar-refractivity contribution in [2.45, 2.75) is 12.5 Å². The number of nitrogens with zero attached hydrogens (tertiary/aromatic N) is 1. The quantitative estimate of drug-likeness (QED) is 0.841. The number of furan rings is 1. The van der Waals surface area contributed by atoms with Crippen molar-refractivity contribution in [3.05, 3.63) is 28.6 Å². The number of carbonyl (C=O) groups excluding carboxylic acids is 1. The van der Waals surface area contributed by atoms with Crippen LogP contribution in [0.2, 0.25) is 0 Å². The summed E-state index contributed by atoms with van der Waals surface area (Å²) in [6.45, 7) is 1.04. The highest BCUT2D eigenvalue weighted by Gasteiger charge is 2.22. The Bertz CT molecular complexity index is 413. The molecule has 4 nitrogen and oxygen atoms in total. The number of carbonyl (C=O) groups is 1. The van der Waals surface area contributed by atoms with Gasteiger partial charge in [0, 0.05) is 19.2 Å². The molecule has 1 N–H and O–H groups in total. The molecule has 0 unspecified atom stereocenters. The monoisotopic (exact) mass is 285 g/mol. The van der Waals surface area contributed by atoms with E-state index >= 15 is 0 Å². The molecule has 0 spiro atoms. The molecule has 0 saturated carbocycles. The van der Waals surface area contributed by atoms with Gasteiger partial charge in [-0.2, -0.15) is 0 Å². The molecule has 1 aromatic rings. The summed E-state index contributed by atoms with van der Waals surface area (Å²) in [5, 5.41) is 9.29. The third-order valence-electron chi connectivity index (χ3n) is 2.46. The van der Waals surface area contributed by atoms with E-state index in [1.165, 1.54) is 6.08 Å². The molecule has 2 heterocycles. The molecular weight excluding hydrogens is 274 g/mol. The molecule has 1 amide bonds. The van der Waals surface area contributed by atoms with Crippen LogP contribution >= 0.6 is 15.9 Å². The van der Waals surface area contributed by atoms with Gasteiger partial charge in [0.25, 0.3) is 0 Å². The lowest BCUT2D eigenvalue weighted by molar-refractivity contribution is -0.125. The van der Waals surface area contributed by atoms with Gasteiger partial charge in [-0.25, -0.2) is 0 Å². The first-order chi connectivity index (χ1) is 7.65. The molecule has 0 radical (unpaired) electrons. The third kappa shape index (κ3) is 2.74. The van der Waals surface area contributed by atoms with Gasteiger partial charge in [-0.1, -0.05) is 0 Å². The predicted octanol–water partition coefficient (Wildman–Crippen LogP) is 1.65. The van der Waals surface area contributed by atoms with Crippen LogP contribution in [0.4, 0.5) is 0 Å². The van der Waals surface area contributed by atoms with E-state index in [2.05, 4.69) is 15.9 Å². The smallest absolute Gasteiger partial charge is 0.246 e. The van der Waals surface area contributed by atoms with Crippen LogP contribution in [0.5, 0.6) is 0 Å². The lowest BCUT2D eigenvalue weighted by Crippen LogP contribution is -2.27. The molecule has 2 rings (SSSR count). The van der Waals surface area contributed by atoms with Gasteiger partial charge in [0.15, 0.2) is 4.67 Å². The fourth-order valence-electron chi connectivity index (χ4n) is 1.62. The predicted molar refractivity (Wildman–Crippen MR) is 62.6 cm³/mol. The number of amides is 1. The zero-order valence-corrected chi connectivity index (χ0v) is 10.2. The molecule has 1 aliphatic heterocycles. The van der Waals surface area contributed by atoms with Gasteiger partial charge >= 0.3 is 0 Å². The van der Waals surface area contributed by atoms with E-state index in [-0.39, 0.29) is 12.0 Å². The number of aliphatic hydroxyl groups excluding tert-OH is 1. The number of hydrogen-bond donors (Lipinski definition) is 1. The molecule has 0 bridgehead atoms. The lowest BCUT2D eigenvalue weighted by atomic mass is 10.3. The maximum absolute atomic E-state index is 11.6. The van der Waals surface area contributed by atoms with E-state index in [4.69, 9.17) is 4.42 Å². The fraction of sp³-hybridized carbons (Fsp3) is 0.364. The minimum atomic E-state index is -0.380. The van der Waals surface area contributed by atoms with Crippen molar-refractivity contribution in [1.29, 1.82) is 0 Å². The van der Waals surface area contributed by atoms with Gasteiger partial charge < -0.3 is 14.4 Å². The van der Waals surface area contributed by atoms with Gasteiger partial charge in [-0.15, -0.1) is 0 Å². The third-order valence-corrected chi connectivity index (χ3v) is 2.89. The van der Waals surface area contributed by atoms with Crippen LogP contribution < -0.4 is 0 Å². The Morgan fingerprint density at radius 1 is 1.62 bits per heavy atom. The number of hydrogen-bond acceptors (Lipinski definition) is 3. The number of halogens is 1. The molecular formula is C11H12BrNO3. The molecule has 1 atom stereocenters. The molecule has 1 saturated heterocycles. The average molecular weight is 286 g/mol. The van der Waals surface area contributed by atoms with Crippen LogP contribution in [-0.2, 0) is 4.79 Å². The molecule has 1 fully saturated rings. The molecule has 86 valence electrons. The highest BCUT2D eigenvalue weighted by molar-refractivity contribution is 9.10. The second-order valence-electron chi connectivity index (χ2n) is 3.70. The Morgan fingerprint density at radius 3 is 3.00 bits per heavy atom. The second kappa shape index (κ2) is 4.84. The summed E-state index contributed by atoms with van der Waals surface area (Å²) < 4.78 is 5.86. The maximum Gasteiger partial charge on any atom is 0.246 e. The molecule has 1 aliphatic rings. The largest absolute Gasteiger partial charge is 0.450 e. The van der Waals surface area contributed by atoms with Crippen molar-refractivity contribution in [2.24, 2.45) is 0 Å². The number of rotatable bonds is 2. The second-order valence-corrected chi connectivity index (χ2v) is 4.48. The van der Waals surface area contributed by atoms with Crippen LogP contribution in [0.15, 0.2) is 27.3 Å². The van der Waals surface area contributed by atoms with Crippen molar-refractivity contribution in [3.8, 4) is 0 Å². The van der Waals surface area contributed by atoms with Crippen molar-refractivity contribution in [3.63, 3.8) is 0 Å². The van der Waals surface area contributed by atoms with Crippen LogP contribution in [0.25, 0.3) is 6.08 Å². The topological polar surface area (TPSA) is 53.7 Å². The van der Waals surface area contributed by atoms with Crippen LogP contribution in [-0.4, -0.2) is 35.1 Å². The number of aliphatic hydroxyl groups is 1. The fourth-order valence-corrected chi connectivity index (χ4v) is 1.94. The first kappa shape index (κ1) is 11.4. The van der Waals surface area contributed by atoms with Gasteiger partial charge in [-0.3, -0.25) is 4.79 Å². The van der Waals surface area contributed by atoms with Crippen LogP contribution in [0.1, 0.15) is 12.2 Å². The summed E-state index contributed by atoms with van der Waals surface area (Å²) in [7, 11) is 0. The molecule has 5 heteroatoms. The van der Waals surface area contributed by atoms with Gasteiger partial charge in [-0.05, 0) is 40.6 Å². The van der Waals surface area contributed by atoms with E-state index in [0.29, 0.717) is 29.9 Å². The van der Waals surface area contributed by atoms with E-state index in [9.17, 15) is 9.90 Å². The van der Waals surface area contributed by atoms with Crippen molar-refractivity contribution >= 4 is 27.9 Å². The Labute approximate surface area is 102 Å². The van der Waals surface area contributed by atoms with E-state index in [1.807, 2.05) is 0 Å². The Kier molecular flexibility index (Phi) is 3.46. The van der Waals surface area contributed by atoms with Crippen LogP contribution in [0, 0.1) is 0 Å². The SMILES string of the molecule is O=C(C=Cc1ccc(Br)o1)N1CC[C@@H](O)C1. The average Bonchev–Trinajstić information content (AvgIpc) is 2.84. The standard InChI is InChI=1S/C11H12BrNO3/c12-10-3-1-9(16-10)2-4-11(15)13-6-5-8(14)7-13/h1-4,8,14H,5-7H2/t8-/m1/s1. The minimum Gasteiger partial charge on any atom is -0.450 e. The lowest BCUT2D eigenvalue weighted by Gasteiger charge is -2.11. The van der Waals surface area contributed by atoms with Crippen molar-refractivity contribution < 1.29 is 14.3 Å². The Morgan fingerprint density at radius 2 is 2.44 bits per heavy atom. The summed E-state index contributed by atoms with van der Waals surface area (Å²) in [5.74, 6) is 0.532. The summed E-state index contributed by atoms with van der Waals surface area (Å²) in [5.41, 5.74) is 0.